The fourth-order valence-electron chi connectivity index (χ4n) is 8.62. The summed E-state index contributed by atoms with van der Waals surface area (Å²) in [4.78, 5) is 58.4. The highest BCUT2D eigenvalue weighted by Crippen LogP contribution is 2.35. The molecule has 2 amide bonds. The topological polar surface area (TPSA) is 207 Å². The summed E-state index contributed by atoms with van der Waals surface area (Å²) in [7, 11) is 10.9. The Morgan fingerprint density at radius 3 is 0.986 bits per heavy atom. The molecule has 0 fully saturated rings. The molecule has 370 valence electrons. The number of hydrogen-bond acceptors (Lipinski definition) is 12. The van der Waals surface area contributed by atoms with Gasteiger partial charge in [0.15, 0.2) is 0 Å². The smallest absolute Gasteiger partial charge is 0.317 e. The molecule has 0 spiro atoms. The van der Waals surface area contributed by atoms with Gasteiger partial charge in [-0.05, 0) is 160 Å². The van der Waals surface area contributed by atoms with Crippen molar-refractivity contribution in [2.75, 3.05) is 84.0 Å². The fourth-order valence-corrected chi connectivity index (χ4v) is 8.62. The molecule has 0 atom stereocenters. The van der Waals surface area contributed by atoms with Gasteiger partial charge in [-0.15, -0.1) is 12.4 Å². The summed E-state index contributed by atoms with van der Waals surface area (Å²) in [5, 5.41) is 14.0. The van der Waals surface area contributed by atoms with Crippen molar-refractivity contribution in [1.82, 2.24) is 14.7 Å². The maximum absolute atomic E-state index is 12.1. The van der Waals surface area contributed by atoms with E-state index in [1.807, 2.05) is 111 Å². The number of halogens is 1. The van der Waals surface area contributed by atoms with E-state index in [0.29, 0.717) is 13.1 Å². The van der Waals surface area contributed by atoms with Gasteiger partial charge < -0.3 is 37.0 Å². The number of rotatable bonds is 12. The van der Waals surface area contributed by atoms with Crippen molar-refractivity contribution < 1.29 is 19.5 Å². The summed E-state index contributed by atoms with van der Waals surface area (Å²) in [6, 6.07) is 40.4. The minimum Gasteiger partial charge on any atom is -0.480 e. The molecule has 0 saturated heterocycles. The van der Waals surface area contributed by atoms with E-state index in [-0.39, 0.29) is 30.8 Å². The number of nitrogens with zero attached hydrogens (tertiary/aromatic N) is 7. The first kappa shape index (κ1) is 52.0. The molecule has 6 aromatic carbocycles. The number of amides is 2. The molecular formula is C56H60ClN11O4. The zero-order valence-electron chi connectivity index (χ0n) is 41.4. The number of carbonyl (C=O) groups excluding carboxylic acids is 2. The van der Waals surface area contributed by atoms with E-state index in [9.17, 15) is 14.4 Å². The Morgan fingerprint density at radius 2 is 0.722 bits per heavy atom. The Labute approximate surface area is 426 Å². The lowest BCUT2D eigenvalue weighted by atomic mass is 9.99. The summed E-state index contributed by atoms with van der Waals surface area (Å²) in [5.41, 5.74) is 32.1. The molecule has 16 heteroatoms. The SMILES string of the molecule is CN(C)CC(=O)Nc1ccc2c(c1)CC(c1ccc(C3=Nc4ccc(NC(=O)CN(C)C)cc4C3)cc1)=N2.CN(C)CC(=O)O.Cl.Nc1ccc2c(c1)CC(c1ccc(C3=Nc4ccc(N)cc4C3)cc1)=N2. The highest BCUT2D eigenvalue weighted by Gasteiger charge is 2.22. The fraction of sp³-hybridized carbons (Fsp3) is 0.232. The van der Waals surface area contributed by atoms with Gasteiger partial charge in [0.25, 0.3) is 0 Å². The van der Waals surface area contributed by atoms with Gasteiger partial charge in [-0.1, -0.05) is 48.5 Å². The number of nitrogens with two attached hydrogens (primary N) is 2. The first-order valence-electron chi connectivity index (χ1n) is 23.3. The summed E-state index contributed by atoms with van der Waals surface area (Å²) in [6.07, 6.45) is 3.10. The third kappa shape index (κ3) is 13.3. The minimum absolute atomic E-state index is 0. The van der Waals surface area contributed by atoms with Gasteiger partial charge in [0.2, 0.25) is 11.8 Å². The number of nitrogen functional groups attached to an aromatic ring is 2. The second kappa shape index (κ2) is 22.9. The molecule has 0 unspecified atom stereocenters. The van der Waals surface area contributed by atoms with Gasteiger partial charge >= 0.3 is 5.97 Å². The molecule has 7 N–H and O–H groups in total. The van der Waals surface area contributed by atoms with Crippen LogP contribution in [0.2, 0.25) is 0 Å². The lowest BCUT2D eigenvalue weighted by Gasteiger charge is -2.10. The number of anilines is 4. The lowest BCUT2D eigenvalue weighted by molar-refractivity contribution is -0.137. The highest BCUT2D eigenvalue weighted by atomic mass is 35.5. The molecule has 0 radical (unpaired) electrons. The predicted molar refractivity (Wildman–Crippen MR) is 295 cm³/mol. The number of carboxylic acids is 1. The zero-order valence-corrected chi connectivity index (χ0v) is 42.2. The van der Waals surface area contributed by atoms with E-state index in [0.717, 1.165) is 127 Å². The van der Waals surface area contributed by atoms with Crippen LogP contribution in [0.3, 0.4) is 0 Å². The van der Waals surface area contributed by atoms with Gasteiger partial charge in [0.1, 0.15) is 0 Å². The largest absolute Gasteiger partial charge is 0.480 e. The first-order valence-corrected chi connectivity index (χ1v) is 23.3. The van der Waals surface area contributed by atoms with Crippen molar-refractivity contribution in [2.45, 2.75) is 25.7 Å². The van der Waals surface area contributed by atoms with Crippen molar-refractivity contribution >= 4 is 98.5 Å². The number of fused-ring (bicyclic) bond motifs is 4. The van der Waals surface area contributed by atoms with E-state index in [1.54, 1.807) is 19.0 Å². The number of likely N-dealkylation sites (N-methyl/N-ethyl adjacent to an activating group) is 3. The van der Waals surface area contributed by atoms with Crippen LogP contribution < -0.4 is 22.1 Å². The molecule has 0 saturated carbocycles. The number of carboxylic acid groups (broad SMARTS) is 1. The molecule has 4 aliphatic heterocycles. The average molecular weight is 987 g/mol. The van der Waals surface area contributed by atoms with Crippen molar-refractivity contribution in [3.05, 3.63) is 166 Å². The number of hydrogen-bond donors (Lipinski definition) is 5. The van der Waals surface area contributed by atoms with Gasteiger partial charge in [-0.3, -0.25) is 39.3 Å². The summed E-state index contributed by atoms with van der Waals surface area (Å²) in [5.74, 6) is -0.857. The third-order valence-electron chi connectivity index (χ3n) is 11.9. The number of nitrogens with one attached hydrogen (secondary N) is 2. The number of benzene rings is 6. The van der Waals surface area contributed by atoms with Crippen LogP contribution in [0.15, 0.2) is 141 Å². The van der Waals surface area contributed by atoms with Crippen molar-refractivity contribution in [3.8, 4) is 0 Å². The predicted octanol–water partition coefficient (Wildman–Crippen LogP) is 8.30. The van der Waals surface area contributed by atoms with Crippen LogP contribution in [0.1, 0.15) is 44.5 Å². The van der Waals surface area contributed by atoms with Gasteiger partial charge in [-0.25, -0.2) is 0 Å². The Bertz CT molecular complexity index is 2940. The van der Waals surface area contributed by atoms with Crippen LogP contribution in [-0.4, -0.2) is 122 Å². The number of aliphatic imine (C=N–C) groups is 4. The monoisotopic (exact) mass is 985 g/mol. The summed E-state index contributed by atoms with van der Waals surface area (Å²) < 4.78 is 0. The second-order valence-corrected chi connectivity index (χ2v) is 18.8. The van der Waals surface area contributed by atoms with Crippen LogP contribution in [0.25, 0.3) is 0 Å². The van der Waals surface area contributed by atoms with Crippen molar-refractivity contribution in [2.24, 2.45) is 20.0 Å². The lowest BCUT2D eigenvalue weighted by Crippen LogP contribution is -2.27. The number of aliphatic carboxylic acids is 1. The molecule has 72 heavy (non-hydrogen) atoms. The molecule has 0 aromatic heterocycles. The zero-order chi connectivity index (χ0) is 50.3. The molecule has 0 bridgehead atoms. The molecule has 0 aliphatic carbocycles. The van der Waals surface area contributed by atoms with Crippen LogP contribution in [-0.2, 0) is 40.1 Å². The maximum Gasteiger partial charge on any atom is 0.317 e. The molecular weight excluding hydrogens is 926 g/mol. The number of carbonyl (C=O) groups is 3. The van der Waals surface area contributed by atoms with Crippen LogP contribution >= 0.6 is 12.4 Å². The Kier molecular flexibility index (Phi) is 16.6. The normalized spacial score (nSPS) is 13.5. The Hall–Kier alpha value is -7.82. The van der Waals surface area contributed by atoms with Crippen LogP contribution in [0, 0.1) is 0 Å². The minimum atomic E-state index is -0.787. The first-order chi connectivity index (χ1) is 34.0. The van der Waals surface area contributed by atoms with Crippen molar-refractivity contribution in [3.63, 3.8) is 0 Å². The van der Waals surface area contributed by atoms with E-state index >= 15 is 0 Å². The summed E-state index contributed by atoms with van der Waals surface area (Å²) >= 11 is 0. The third-order valence-corrected chi connectivity index (χ3v) is 11.9. The standard InChI is InChI=1S/C30H32N6O2.C22H18N4.C4H9NO2.ClH/c1-35(2)17-29(37)31-23-9-11-25-21(13-23)15-27(33-25)19-5-7-20(8-6-19)28-16-22-14-24(10-12-26(22)34-28)32-30(38)18-36(3)4;23-17-5-7-19-15(9-17)11-21(25-19)13-1-2-14(4-3-13)22-12-16-10-18(24)6-8-20(16)26-22;1-5(2)3-4(6)7;/h5-14H,15-18H2,1-4H3,(H,31,37)(H,32,38);1-10H,11-12,23-24H2;3H2,1-2H3,(H,6,7);1H. The second-order valence-electron chi connectivity index (χ2n) is 18.8. The molecule has 4 aliphatic rings. The molecule has 15 nitrogen and oxygen atoms in total. The maximum atomic E-state index is 12.1. The molecule has 6 aromatic rings. The van der Waals surface area contributed by atoms with E-state index in [1.165, 1.54) is 11.1 Å². The van der Waals surface area contributed by atoms with Gasteiger partial charge in [0, 0.05) is 48.4 Å². The van der Waals surface area contributed by atoms with Gasteiger partial charge in [-0.2, -0.15) is 0 Å². The average Bonchev–Trinajstić information content (AvgIpc) is 4.13. The quantitative estimate of drug-likeness (QED) is 0.0747. The van der Waals surface area contributed by atoms with Gasteiger partial charge in [0.05, 0.1) is 65.2 Å². The van der Waals surface area contributed by atoms with Crippen LogP contribution in [0.4, 0.5) is 45.5 Å². The Balaban J connectivity index is 0.000000193. The van der Waals surface area contributed by atoms with E-state index in [2.05, 4.69) is 59.2 Å². The van der Waals surface area contributed by atoms with Crippen LogP contribution in [0.5, 0.6) is 0 Å². The molecule has 10 rings (SSSR count). The van der Waals surface area contributed by atoms with E-state index in [4.69, 9.17) is 36.5 Å². The summed E-state index contributed by atoms with van der Waals surface area (Å²) in [6.45, 7) is 0.798. The van der Waals surface area contributed by atoms with Crippen molar-refractivity contribution in [1.29, 1.82) is 0 Å². The van der Waals surface area contributed by atoms with E-state index < -0.39 is 5.97 Å². The highest BCUT2D eigenvalue weighted by molar-refractivity contribution is 6.11. The Morgan fingerprint density at radius 1 is 0.444 bits per heavy atom. The molecule has 4 heterocycles.